The number of methoxy groups -OCH3 is 1. The van der Waals surface area contributed by atoms with E-state index in [1.54, 1.807) is 11.8 Å². The second kappa shape index (κ2) is 8.92. The van der Waals surface area contributed by atoms with Gasteiger partial charge in [-0.25, -0.2) is 4.68 Å². The molecule has 0 amide bonds. The first-order valence-corrected chi connectivity index (χ1v) is 13.6. The minimum Gasteiger partial charge on any atom is -0.497 e. The van der Waals surface area contributed by atoms with Crippen LogP contribution in [0, 0.1) is 0 Å². The van der Waals surface area contributed by atoms with Crippen molar-refractivity contribution in [1.29, 1.82) is 0 Å². The average Bonchev–Trinajstić information content (AvgIpc) is 3.02. The summed E-state index contributed by atoms with van der Waals surface area (Å²) in [6.45, 7) is 9.64. The number of fused-ring (bicyclic) bond motifs is 1. The third kappa shape index (κ3) is 5.45. The highest BCUT2D eigenvalue weighted by Gasteiger charge is 2.25. The number of carbonyl (C=O) groups is 1. The van der Waals surface area contributed by atoms with Crippen LogP contribution in [0.15, 0.2) is 30.5 Å². The van der Waals surface area contributed by atoms with Crippen LogP contribution in [0.4, 0.5) is 5.82 Å². The molecule has 0 saturated carbocycles. The summed E-state index contributed by atoms with van der Waals surface area (Å²) in [5.41, 5.74) is 1.84. The number of anilines is 1. The molecule has 0 bridgehead atoms. The summed E-state index contributed by atoms with van der Waals surface area (Å²) in [5.74, 6) is 1.76. The van der Waals surface area contributed by atoms with Gasteiger partial charge in [-0.3, -0.25) is 4.79 Å². The third-order valence-corrected chi connectivity index (χ3v) is 6.61. The molecule has 0 fully saturated rings. The summed E-state index contributed by atoms with van der Waals surface area (Å²) in [6.07, 6.45) is 3.24. The Labute approximate surface area is 168 Å². The molecule has 0 unspecified atom stereocenters. The van der Waals surface area contributed by atoms with E-state index in [-0.39, 0.29) is 5.78 Å². The Balaban J connectivity index is 1.73. The summed E-state index contributed by atoms with van der Waals surface area (Å²) in [4.78, 5) is 14.7. The number of carbonyl (C=O) groups excluding carboxylic acids is 1. The fourth-order valence-corrected chi connectivity index (χ4v) is 4.02. The SMILES string of the molecule is COc1cccc(CN2CCCC(=O)c3cn(COCC[Si](C)(C)C)nc32)c1. The molecular weight excluding hydrogens is 370 g/mol. The van der Waals surface area contributed by atoms with E-state index in [9.17, 15) is 4.79 Å². The number of benzene rings is 1. The molecule has 1 aromatic heterocycles. The maximum atomic E-state index is 12.5. The first-order valence-electron chi connectivity index (χ1n) is 9.92. The number of ketones is 1. The van der Waals surface area contributed by atoms with Crippen molar-refractivity contribution in [2.45, 2.75) is 51.8 Å². The fourth-order valence-electron chi connectivity index (χ4n) is 3.26. The Morgan fingerprint density at radius 1 is 1.25 bits per heavy atom. The molecule has 0 atom stereocenters. The Morgan fingerprint density at radius 3 is 2.82 bits per heavy atom. The van der Waals surface area contributed by atoms with Crippen molar-refractivity contribution in [2.24, 2.45) is 0 Å². The monoisotopic (exact) mass is 401 g/mol. The van der Waals surface area contributed by atoms with E-state index in [0.717, 1.165) is 42.7 Å². The van der Waals surface area contributed by atoms with Gasteiger partial charge in [-0.2, -0.15) is 5.10 Å². The number of hydrogen-bond donors (Lipinski definition) is 0. The maximum Gasteiger partial charge on any atom is 0.168 e. The Morgan fingerprint density at radius 2 is 2.07 bits per heavy atom. The van der Waals surface area contributed by atoms with Crippen LogP contribution in [0.1, 0.15) is 28.8 Å². The lowest BCUT2D eigenvalue weighted by Gasteiger charge is -2.21. The summed E-state index contributed by atoms with van der Waals surface area (Å²) < 4.78 is 12.9. The Bertz CT molecular complexity index is 813. The first-order chi connectivity index (χ1) is 13.4. The molecule has 1 aliphatic heterocycles. The largest absolute Gasteiger partial charge is 0.497 e. The molecule has 2 heterocycles. The van der Waals surface area contributed by atoms with Crippen molar-refractivity contribution in [3.63, 3.8) is 0 Å². The molecule has 0 N–H and O–H groups in total. The van der Waals surface area contributed by atoms with Crippen molar-refractivity contribution < 1.29 is 14.3 Å². The summed E-state index contributed by atoms with van der Waals surface area (Å²) in [5, 5.41) is 4.69. The van der Waals surface area contributed by atoms with Gasteiger partial charge in [0.2, 0.25) is 0 Å². The highest BCUT2D eigenvalue weighted by molar-refractivity contribution is 6.76. The number of Topliss-reactive ketones (excluding diaryl/α,β-unsaturated/α-hetero) is 1. The van der Waals surface area contributed by atoms with Gasteiger partial charge < -0.3 is 14.4 Å². The number of nitrogens with zero attached hydrogens (tertiary/aromatic N) is 3. The van der Waals surface area contributed by atoms with Gasteiger partial charge in [-0.1, -0.05) is 31.8 Å². The van der Waals surface area contributed by atoms with Gasteiger partial charge in [0.1, 0.15) is 12.5 Å². The number of aromatic nitrogens is 2. The van der Waals surface area contributed by atoms with Gasteiger partial charge in [-0.05, 0) is 30.2 Å². The standard InChI is InChI=1S/C21H31N3O3Si/c1-26-18-8-5-7-17(13-18)14-23-10-6-9-20(25)19-15-24(22-21(19)23)16-27-11-12-28(2,3)4/h5,7-8,13,15H,6,9-12,14,16H2,1-4H3. The second-order valence-electron chi connectivity index (χ2n) is 8.55. The smallest absolute Gasteiger partial charge is 0.168 e. The predicted molar refractivity (Wildman–Crippen MR) is 114 cm³/mol. The highest BCUT2D eigenvalue weighted by Crippen LogP contribution is 2.27. The second-order valence-corrected chi connectivity index (χ2v) is 14.2. The zero-order valence-electron chi connectivity index (χ0n) is 17.4. The molecule has 7 heteroatoms. The van der Waals surface area contributed by atoms with Gasteiger partial charge in [0.05, 0.1) is 12.7 Å². The van der Waals surface area contributed by atoms with E-state index >= 15 is 0 Å². The molecule has 28 heavy (non-hydrogen) atoms. The molecule has 2 aromatic rings. The van der Waals surface area contributed by atoms with Gasteiger partial charge in [0.25, 0.3) is 0 Å². The van der Waals surface area contributed by atoms with Crippen molar-refractivity contribution in [1.82, 2.24) is 9.78 Å². The molecule has 0 aliphatic carbocycles. The molecule has 1 aliphatic rings. The highest BCUT2D eigenvalue weighted by atomic mass is 28.3. The van der Waals surface area contributed by atoms with E-state index in [1.165, 1.54) is 0 Å². The summed E-state index contributed by atoms with van der Waals surface area (Å²) in [7, 11) is 0.560. The minimum absolute atomic E-state index is 0.163. The van der Waals surface area contributed by atoms with Gasteiger partial charge in [0, 0.05) is 40.4 Å². The van der Waals surface area contributed by atoms with Crippen LogP contribution in [0.3, 0.4) is 0 Å². The van der Waals surface area contributed by atoms with Crippen LogP contribution < -0.4 is 9.64 Å². The fraction of sp³-hybridized carbons (Fsp3) is 0.524. The average molecular weight is 402 g/mol. The van der Waals surface area contributed by atoms with Gasteiger partial charge in [-0.15, -0.1) is 0 Å². The molecule has 152 valence electrons. The van der Waals surface area contributed by atoms with E-state index in [2.05, 4.69) is 30.6 Å². The van der Waals surface area contributed by atoms with E-state index in [4.69, 9.17) is 14.6 Å². The van der Waals surface area contributed by atoms with Crippen LogP contribution in [0.5, 0.6) is 5.75 Å². The zero-order chi connectivity index (χ0) is 20.1. The van der Waals surface area contributed by atoms with Crippen molar-refractivity contribution >= 4 is 19.7 Å². The van der Waals surface area contributed by atoms with Crippen LogP contribution in [0.2, 0.25) is 25.7 Å². The summed E-state index contributed by atoms with van der Waals surface area (Å²) >= 11 is 0. The van der Waals surface area contributed by atoms with Crippen molar-refractivity contribution in [3.8, 4) is 5.75 Å². The lowest BCUT2D eigenvalue weighted by molar-refractivity contribution is 0.0785. The van der Waals surface area contributed by atoms with Crippen LogP contribution in [0.25, 0.3) is 0 Å². The van der Waals surface area contributed by atoms with Crippen LogP contribution in [-0.4, -0.2) is 43.9 Å². The molecule has 3 rings (SSSR count). The molecule has 0 spiro atoms. The number of ether oxygens (including phenoxy) is 2. The van der Waals surface area contributed by atoms with E-state index < -0.39 is 8.07 Å². The lowest BCUT2D eigenvalue weighted by atomic mass is 10.1. The van der Waals surface area contributed by atoms with Crippen LogP contribution in [-0.2, 0) is 18.0 Å². The topological polar surface area (TPSA) is 56.6 Å². The van der Waals surface area contributed by atoms with Crippen LogP contribution >= 0.6 is 0 Å². The van der Waals surface area contributed by atoms with Gasteiger partial charge >= 0.3 is 0 Å². The lowest BCUT2D eigenvalue weighted by Crippen LogP contribution is -2.24. The number of rotatable bonds is 8. The Hall–Kier alpha value is -2.12. The third-order valence-electron chi connectivity index (χ3n) is 4.90. The quantitative estimate of drug-likeness (QED) is 0.490. The number of hydrogen-bond acceptors (Lipinski definition) is 5. The summed E-state index contributed by atoms with van der Waals surface area (Å²) in [6, 6.07) is 9.15. The van der Waals surface area contributed by atoms with E-state index in [0.29, 0.717) is 25.3 Å². The maximum absolute atomic E-state index is 12.5. The minimum atomic E-state index is -1.11. The van der Waals surface area contributed by atoms with Crippen molar-refractivity contribution in [3.05, 3.63) is 41.6 Å². The first kappa shape index (κ1) is 20.6. The normalized spacial score (nSPS) is 14.7. The predicted octanol–water partition coefficient (Wildman–Crippen LogP) is 4.19. The molecule has 6 nitrogen and oxygen atoms in total. The Kier molecular flexibility index (Phi) is 6.56. The molecule has 1 aromatic carbocycles. The van der Waals surface area contributed by atoms with Crippen molar-refractivity contribution in [2.75, 3.05) is 25.2 Å². The zero-order valence-corrected chi connectivity index (χ0v) is 18.4. The molecule has 0 saturated heterocycles. The van der Waals surface area contributed by atoms with E-state index in [1.807, 2.05) is 24.4 Å². The molecular formula is C21H31N3O3Si. The molecule has 0 radical (unpaired) electrons. The van der Waals surface area contributed by atoms with Gasteiger partial charge in [0.15, 0.2) is 11.6 Å².